The molecule has 1 rings (SSSR count). The van der Waals surface area contributed by atoms with Gasteiger partial charge < -0.3 is 16.0 Å². The molecule has 0 aliphatic rings. The zero-order chi connectivity index (χ0) is 18.9. The molecule has 0 saturated carbocycles. The van der Waals surface area contributed by atoms with Crippen LogP contribution in [-0.2, 0) is 4.79 Å². The summed E-state index contributed by atoms with van der Waals surface area (Å²) in [5.74, 6) is -0.208. The van der Waals surface area contributed by atoms with Crippen molar-refractivity contribution >= 4 is 75.3 Å². The molecule has 1 aromatic carbocycles. The van der Waals surface area contributed by atoms with Gasteiger partial charge >= 0.3 is 0 Å². The maximum atomic E-state index is 12.0. The number of alkyl halides is 3. The second-order valence-electron chi connectivity index (χ2n) is 5.43. The van der Waals surface area contributed by atoms with E-state index in [1.165, 1.54) is 0 Å². The first-order valence-electron chi connectivity index (χ1n) is 7.92. The van der Waals surface area contributed by atoms with Gasteiger partial charge in [0.05, 0.1) is 10.7 Å². The predicted octanol–water partition coefficient (Wildman–Crippen LogP) is 5.41. The standard InChI is InChI=1S/C16H21Cl4N3OS/c1-2-3-4-5-10-13(24)22-14(16(18,19)20)23-15(25)21-12-9-7-6-8-11(12)17/h6-9,14H,2-5,10H2,1H3,(H,22,24)(H2,21,23,25)/t14-/m1/s1. The summed E-state index contributed by atoms with van der Waals surface area (Å²) in [6, 6.07) is 7.08. The Labute approximate surface area is 173 Å². The van der Waals surface area contributed by atoms with Crippen LogP contribution < -0.4 is 16.0 Å². The number of rotatable bonds is 8. The number of carbonyl (C=O) groups is 1. The van der Waals surface area contributed by atoms with Crippen LogP contribution in [0.1, 0.15) is 39.0 Å². The molecule has 0 aliphatic heterocycles. The van der Waals surface area contributed by atoms with E-state index in [2.05, 4.69) is 22.9 Å². The van der Waals surface area contributed by atoms with Crippen molar-refractivity contribution in [3.8, 4) is 0 Å². The second-order valence-corrected chi connectivity index (χ2v) is 8.62. The van der Waals surface area contributed by atoms with E-state index in [1.54, 1.807) is 24.3 Å². The number of nitrogens with one attached hydrogen (secondary N) is 3. The molecular weight excluding hydrogens is 424 g/mol. The molecular formula is C16H21Cl4N3OS. The fourth-order valence-electron chi connectivity index (χ4n) is 2.00. The van der Waals surface area contributed by atoms with Crippen molar-refractivity contribution in [3.63, 3.8) is 0 Å². The Balaban J connectivity index is 2.59. The number of carbonyl (C=O) groups excluding carboxylic acids is 1. The summed E-state index contributed by atoms with van der Waals surface area (Å²) < 4.78 is -1.77. The van der Waals surface area contributed by atoms with E-state index in [9.17, 15) is 4.79 Å². The van der Waals surface area contributed by atoms with Crippen LogP contribution in [0.3, 0.4) is 0 Å². The Morgan fingerprint density at radius 3 is 2.44 bits per heavy atom. The first kappa shape index (κ1) is 22.6. The van der Waals surface area contributed by atoms with Gasteiger partial charge in [-0.3, -0.25) is 4.79 Å². The number of thiocarbonyl (C=S) groups is 1. The molecule has 0 spiro atoms. The number of anilines is 1. The van der Waals surface area contributed by atoms with Crippen molar-refractivity contribution in [2.75, 3.05) is 5.32 Å². The molecule has 0 fully saturated rings. The summed E-state index contributed by atoms with van der Waals surface area (Å²) in [6.07, 6.45) is 3.35. The fraction of sp³-hybridized carbons (Fsp3) is 0.500. The highest BCUT2D eigenvalue weighted by Crippen LogP contribution is 2.29. The fourth-order valence-corrected chi connectivity index (χ4v) is 2.74. The number of para-hydroxylation sites is 1. The van der Waals surface area contributed by atoms with Crippen molar-refractivity contribution in [2.24, 2.45) is 0 Å². The Kier molecular flexibility index (Phi) is 10.2. The highest BCUT2D eigenvalue weighted by Gasteiger charge is 2.34. The second kappa shape index (κ2) is 11.3. The van der Waals surface area contributed by atoms with E-state index < -0.39 is 9.96 Å². The van der Waals surface area contributed by atoms with E-state index in [0.29, 0.717) is 17.1 Å². The molecule has 9 heteroatoms. The van der Waals surface area contributed by atoms with Crippen molar-refractivity contribution in [2.45, 2.75) is 49.0 Å². The zero-order valence-corrected chi connectivity index (χ0v) is 17.6. The highest BCUT2D eigenvalue weighted by atomic mass is 35.6. The van der Waals surface area contributed by atoms with Gasteiger partial charge in [0, 0.05) is 6.42 Å². The third-order valence-electron chi connectivity index (χ3n) is 3.29. The summed E-state index contributed by atoms with van der Waals surface area (Å²) in [7, 11) is 0. The minimum Gasteiger partial charge on any atom is -0.339 e. The predicted molar refractivity (Wildman–Crippen MR) is 112 cm³/mol. The van der Waals surface area contributed by atoms with Crippen molar-refractivity contribution in [1.29, 1.82) is 0 Å². The lowest BCUT2D eigenvalue weighted by molar-refractivity contribution is -0.122. The van der Waals surface area contributed by atoms with Gasteiger partial charge in [0.15, 0.2) is 5.11 Å². The topological polar surface area (TPSA) is 53.2 Å². The van der Waals surface area contributed by atoms with Crippen molar-refractivity contribution in [3.05, 3.63) is 29.3 Å². The molecule has 0 aliphatic carbocycles. The zero-order valence-electron chi connectivity index (χ0n) is 13.8. The smallest absolute Gasteiger partial charge is 0.228 e. The molecule has 0 bridgehead atoms. The molecule has 3 N–H and O–H groups in total. The van der Waals surface area contributed by atoms with Crippen LogP contribution >= 0.6 is 58.6 Å². The molecule has 0 saturated heterocycles. The number of halogens is 4. The first-order chi connectivity index (χ1) is 11.7. The van der Waals surface area contributed by atoms with Crippen LogP contribution in [0.15, 0.2) is 24.3 Å². The van der Waals surface area contributed by atoms with E-state index in [4.69, 9.17) is 58.6 Å². The lowest BCUT2D eigenvalue weighted by Crippen LogP contribution is -2.56. The van der Waals surface area contributed by atoms with E-state index in [0.717, 1.165) is 25.7 Å². The third-order valence-corrected chi connectivity index (χ3v) is 4.49. The van der Waals surface area contributed by atoms with Gasteiger partial charge in [0.25, 0.3) is 0 Å². The van der Waals surface area contributed by atoms with Crippen LogP contribution in [0.25, 0.3) is 0 Å². The normalized spacial score (nSPS) is 12.4. The lowest BCUT2D eigenvalue weighted by atomic mass is 10.1. The highest BCUT2D eigenvalue weighted by molar-refractivity contribution is 7.80. The molecule has 1 atom stereocenters. The maximum Gasteiger partial charge on any atom is 0.228 e. The number of unbranched alkanes of at least 4 members (excludes halogenated alkanes) is 3. The van der Waals surface area contributed by atoms with Crippen LogP contribution in [0.2, 0.25) is 5.02 Å². The summed E-state index contributed by atoms with van der Waals surface area (Å²) >= 11 is 29.1. The van der Waals surface area contributed by atoms with E-state index in [-0.39, 0.29) is 11.0 Å². The average molecular weight is 445 g/mol. The van der Waals surface area contributed by atoms with Gasteiger partial charge in [-0.05, 0) is 30.8 Å². The van der Waals surface area contributed by atoms with Gasteiger partial charge in [0.2, 0.25) is 9.70 Å². The van der Waals surface area contributed by atoms with Gasteiger partial charge in [-0.2, -0.15) is 0 Å². The minimum absolute atomic E-state index is 0.177. The van der Waals surface area contributed by atoms with Gasteiger partial charge in [0.1, 0.15) is 6.17 Å². The molecule has 0 unspecified atom stereocenters. The monoisotopic (exact) mass is 443 g/mol. The third kappa shape index (κ3) is 9.15. The molecule has 0 heterocycles. The summed E-state index contributed by atoms with van der Waals surface area (Å²) in [5, 5.41) is 9.04. The summed E-state index contributed by atoms with van der Waals surface area (Å²) in [6.45, 7) is 2.11. The quantitative estimate of drug-likeness (QED) is 0.217. The summed E-state index contributed by atoms with van der Waals surface area (Å²) in [4.78, 5) is 12.0. The number of hydrogen-bond donors (Lipinski definition) is 3. The molecule has 0 radical (unpaired) electrons. The molecule has 0 aromatic heterocycles. The molecule has 25 heavy (non-hydrogen) atoms. The number of hydrogen-bond acceptors (Lipinski definition) is 2. The first-order valence-corrected chi connectivity index (χ1v) is 9.84. The Hall–Kier alpha value is -0.460. The van der Waals surface area contributed by atoms with Crippen molar-refractivity contribution in [1.82, 2.24) is 10.6 Å². The summed E-state index contributed by atoms with van der Waals surface area (Å²) in [5.41, 5.74) is 0.607. The SMILES string of the molecule is CCCCCCC(=O)N[C@H](NC(=S)Nc1ccccc1Cl)C(Cl)(Cl)Cl. The van der Waals surface area contributed by atoms with Gasteiger partial charge in [-0.25, -0.2) is 0 Å². The van der Waals surface area contributed by atoms with Crippen LogP contribution in [-0.4, -0.2) is 21.0 Å². The van der Waals surface area contributed by atoms with E-state index in [1.807, 2.05) is 0 Å². The van der Waals surface area contributed by atoms with Gasteiger partial charge in [-0.15, -0.1) is 0 Å². The van der Waals surface area contributed by atoms with Crippen LogP contribution in [0, 0.1) is 0 Å². The number of amides is 1. The Bertz CT molecular complexity index is 581. The Morgan fingerprint density at radius 1 is 1.16 bits per heavy atom. The number of benzene rings is 1. The molecule has 4 nitrogen and oxygen atoms in total. The minimum atomic E-state index is -1.77. The van der Waals surface area contributed by atoms with Crippen LogP contribution in [0.5, 0.6) is 0 Å². The van der Waals surface area contributed by atoms with Crippen LogP contribution in [0.4, 0.5) is 5.69 Å². The molecule has 1 aromatic rings. The van der Waals surface area contributed by atoms with Gasteiger partial charge in [-0.1, -0.05) is 84.7 Å². The van der Waals surface area contributed by atoms with E-state index >= 15 is 0 Å². The molecule has 140 valence electrons. The van der Waals surface area contributed by atoms with Crippen molar-refractivity contribution < 1.29 is 4.79 Å². The maximum absolute atomic E-state index is 12.0. The molecule has 1 amide bonds. The largest absolute Gasteiger partial charge is 0.339 e. The average Bonchev–Trinajstić information content (AvgIpc) is 2.52. The lowest BCUT2D eigenvalue weighted by Gasteiger charge is -2.28. The Morgan fingerprint density at radius 2 is 1.84 bits per heavy atom.